The minimum atomic E-state index is -0.558. The van der Waals surface area contributed by atoms with Crippen LogP contribution in [0, 0.1) is 17.7 Å². The van der Waals surface area contributed by atoms with Crippen molar-refractivity contribution in [2.75, 3.05) is 0 Å². The SMILES string of the molecule is NC(=O)CC#Cc1cccc(CO)c1F. The number of aliphatic hydroxyl groups excluding tert-OH is 1. The molecule has 0 aromatic heterocycles. The van der Waals surface area contributed by atoms with Crippen LogP contribution in [0.2, 0.25) is 0 Å². The lowest BCUT2D eigenvalue weighted by molar-refractivity contribution is -0.117. The summed E-state index contributed by atoms with van der Waals surface area (Å²) in [5.41, 5.74) is 5.21. The second-order valence-electron chi connectivity index (χ2n) is 2.88. The van der Waals surface area contributed by atoms with Crippen molar-refractivity contribution in [3.63, 3.8) is 0 Å². The van der Waals surface area contributed by atoms with Crippen molar-refractivity contribution < 1.29 is 14.3 Å². The van der Waals surface area contributed by atoms with Crippen LogP contribution in [-0.2, 0) is 11.4 Å². The van der Waals surface area contributed by atoms with Crippen molar-refractivity contribution in [2.45, 2.75) is 13.0 Å². The van der Waals surface area contributed by atoms with Gasteiger partial charge in [-0.1, -0.05) is 24.0 Å². The van der Waals surface area contributed by atoms with Gasteiger partial charge in [-0.2, -0.15) is 0 Å². The van der Waals surface area contributed by atoms with Crippen molar-refractivity contribution in [3.05, 3.63) is 35.1 Å². The van der Waals surface area contributed by atoms with E-state index in [1.165, 1.54) is 12.1 Å². The van der Waals surface area contributed by atoms with E-state index in [0.29, 0.717) is 0 Å². The summed E-state index contributed by atoms with van der Waals surface area (Å²) in [6.45, 7) is -0.378. The van der Waals surface area contributed by atoms with E-state index < -0.39 is 11.7 Å². The van der Waals surface area contributed by atoms with E-state index >= 15 is 0 Å². The lowest BCUT2D eigenvalue weighted by atomic mass is 10.1. The standard InChI is InChI=1S/C11H10FNO2/c12-11-8(4-2-6-10(13)15)3-1-5-9(11)7-14/h1,3,5,14H,6-7H2,(H2,13,15). The summed E-state index contributed by atoms with van der Waals surface area (Å²) in [4.78, 5) is 10.4. The van der Waals surface area contributed by atoms with Crippen molar-refractivity contribution in [2.24, 2.45) is 5.73 Å². The Labute approximate surface area is 86.7 Å². The first-order valence-corrected chi connectivity index (χ1v) is 4.30. The number of carbonyl (C=O) groups excluding carboxylic acids is 1. The lowest BCUT2D eigenvalue weighted by Gasteiger charge is -1.99. The molecule has 0 unspecified atom stereocenters. The molecule has 0 aliphatic rings. The Balaban J connectivity index is 2.93. The van der Waals surface area contributed by atoms with Gasteiger partial charge in [0.15, 0.2) is 0 Å². The molecule has 0 aliphatic heterocycles. The van der Waals surface area contributed by atoms with Gasteiger partial charge >= 0.3 is 0 Å². The summed E-state index contributed by atoms with van der Waals surface area (Å²) in [6, 6.07) is 4.53. The first-order valence-electron chi connectivity index (χ1n) is 4.30. The molecule has 1 aromatic rings. The Bertz CT molecular complexity index is 432. The Morgan fingerprint density at radius 2 is 2.27 bits per heavy atom. The second-order valence-corrected chi connectivity index (χ2v) is 2.88. The van der Waals surface area contributed by atoms with Crippen LogP contribution in [0.15, 0.2) is 18.2 Å². The maximum absolute atomic E-state index is 13.4. The first kappa shape index (κ1) is 11.2. The number of carbonyl (C=O) groups is 1. The molecule has 1 amide bonds. The summed E-state index contributed by atoms with van der Waals surface area (Å²) in [5, 5.41) is 8.79. The minimum absolute atomic E-state index is 0.108. The maximum atomic E-state index is 13.4. The highest BCUT2D eigenvalue weighted by molar-refractivity contribution is 5.76. The molecule has 1 aromatic carbocycles. The number of hydrogen-bond donors (Lipinski definition) is 2. The number of benzene rings is 1. The molecule has 0 saturated carbocycles. The number of nitrogens with two attached hydrogens (primary N) is 1. The predicted molar refractivity (Wildman–Crippen MR) is 53.0 cm³/mol. The zero-order chi connectivity index (χ0) is 11.3. The molecule has 4 heteroatoms. The fourth-order valence-corrected chi connectivity index (χ4v) is 1.02. The van der Waals surface area contributed by atoms with Gasteiger partial charge in [0, 0.05) is 5.56 Å². The topological polar surface area (TPSA) is 63.3 Å². The fraction of sp³-hybridized carbons (Fsp3) is 0.182. The van der Waals surface area contributed by atoms with Gasteiger partial charge in [0.25, 0.3) is 0 Å². The molecule has 0 fully saturated rings. The molecular formula is C11H10FNO2. The fourth-order valence-electron chi connectivity index (χ4n) is 1.02. The van der Waals surface area contributed by atoms with Crippen LogP contribution < -0.4 is 5.73 Å². The largest absolute Gasteiger partial charge is 0.392 e. The smallest absolute Gasteiger partial charge is 0.229 e. The van der Waals surface area contributed by atoms with Crippen molar-refractivity contribution >= 4 is 5.91 Å². The third-order valence-corrected chi connectivity index (χ3v) is 1.73. The molecule has 0 spiro atoms. The normalized spacial score (nSPS) is 9.20. The van der Waals surface area contributed by atoms with E-state index in [2.05, 4.69) is 11.8 Å². The molecule has 0 atom stereocenters. The second kappa shape index (κ2) is 5.13. The Kier molecular flexibility index (Phi) is 3.83. The zero-order valence-electron chi connectivity index (χ0n) is 7.96. The van der Waals surface area contributed by atoms with Crippen LogP contribution in [-0.4, -0.2) is 11.0 Å². The van der Waals surface area contributed by atoms with Crippen LogP contribution in [0.25, 0.3) is 0 Å². The Morgan fingerprint density at radius 3 is 2.87 bits per heavy atom. The van der Waals surface area contributed by atoms with Crippen molar-refractivity contribution in [1.29, 1.82) is 0 Å². The summed E-state index contributed by atoms with van der Waals surface area (Å²) >= 11 is 0. The molecule has 15 heavy (non-hydrogen) atoms. The molecule has 0 radical (unpaired) electrons. The highest BCUT2D eigenvalue weighted by atomic mass is 19.1. The van der Waals surface area contributed by atoms with Gasteiger partial charge in [0.05, 0.1) is 18.6 Å². The van der Waals surface area contributed by atoms with Gasteiger partial charge in [0.2, 0.25) is 5.91 Å². The molecule has 0 saturated heterocycles. The molecule has 3 N–H and O–H groups in total. The van der Waals surface area contributed by atoms with Gasteiger partial charge in [-0.3, -0.25) is 4.79 Å². The lowest BCUT2D eigenvalue weighted by Crippen LogP contribution is -2.08. The quantitative estimate of drug-likeness (QED) is 0.695. The minimum Gasteiger partial charge on any atom is -0.392 e. The molecule has 0 heterocycles. The average molecular weight is 207 g/mol. The number of aliphatic hydroxyl groups is 1. The van der Waals surface area contributed by atoms with Gasteiger partial charge in [-0.25, -0.2) is 4.39 Å². The summed E-state index contributed by atoms with van der Waals surface area (Å²) in [5.74, 6) is 3.82. The molecule has 1 rings (SSSR count). The number of amides is 1. The third kappa shape index (κ3) is 3.08. The van der Waals surface area contributed by atoms with Crippen LogP contribution >= 0.6 is 0 Å². The molecule has 3 nitrogen and oxygen atoms in total. The number of hydrogen-bond acceptors (Lipinski definition) is 2. The predicted octanol–water partition coefficient (Wildman–Crippen LogP) is 0.545. The summed E-state index contributed by atoms with van der Waals surface area (Å²) in [7, 11) is 0. The zero-order valence-corrected chi connectivity index (χ0v) is 7.96. The van der Waals surface area contributed by atoms with Crippen molar-refractivity contribution in [3.8, 4) is 11.8 Å². The summed E-state index contributed by atoms with van der Waals surface area (Å²) < 4.78 is 13.4. The molecule has 0 aliphatic carbocycles. The highest BCUT2D eigenvalue weighted by Crippen LogP contribution is 2.11. The molecule has 0 bridgehead atoms. The van der Waals surface area contributed by atoms with Gasteiger partial charge in [-0.15, -0.1) is 0 Å². The van der Waals surface area contributed by atoms with E-state index in [4.69, 9.17) is 10.8 Å². The van der Waals surface area contributed by atoms with Gasteiger partial charge < -0.3 is 10.8 Å². The maximum Gasteiger partial charge on any atom is 0.229 e. The summed E-state index contributed by atoms with van der Waals surface area (Å²) in [6.07, 6.45) is -0.108. The first-order chi connectivity index (χ1) is 7.15. The van der Waals surface area contributed by atoms with E-state index in [9.17, 15) is 9.18 Å². The number of primary amides is 1. The van der Waals surface area contributed by atoms with E-state index in [1.807, 2.05) is 0 Å². The molecule has 78 valence electrons. The van der Waals surface area contributed by atoms with E-state index in [-0.39, 0.29) is 24.2 Å². The van der Waals surface area contributed by atoms with E-state index in [0.717, 1.165) is 0 Å². The van der Waals surface area contributed by atoms with Crippen LogP contribution in [0.5, 0.6) is 0 Å². The van der Waals surface area contributed by atoms with Crippen LogP contribution in [0.3, 0.4) is 0 Å². The van der Waals surface area contributed by atoms with E-state index in [1.54, 1.807) is 6.07 Å². The third-order valence-electron chi connectivity index (χ3n) is 1.73. The number of rotatable bonds is 2. The average Bonchev–Trinajstić information content (AvgIpc) is 2.20. The van der Waals surface area contributed by atoms with Crippen molar-refractivity contribution in [1.82, 2.24) is 0 Å². The Hall–Kier alpha value is -1.86. The van der Waals surface area contributed by atoms with Crippen LogP contribution in [0.1, 0.15) is 17.5 Å². The Morgan fingerprint density at radius 1 is 1.53 bits per heavy atom. The number of halogens is 1. The monoisotopic (exact) mass is 207 g/mol. The highest BCUT2D eigenvalue weighted by Gasteiger charge is 2.04. The molecular weight excluding hydrogens is 197 g/mol. The van der Waals surface area contributed by atoms with Gasteiger partial charge in [-0.05, 0) is 6.07 Å². The van der Waals surface area contributed by atoms with Crippen LogP contribution in [0.4, 0.5) is 4.39 Å². The van der Waals surface area contributed by atoms with Gasteiger partial charge in [0.1, 0.15) is 5.82 Å².